The Morgan fingerprint density at radius 3 is 2.74 bits per heavy atom. The van der Waals surface area contributed by atoms with Crippen LogP contribution in [0.25, 0.3) is 11.0 Å². The Balaban J connectivity index is 2.49. The third-order valence-electron chi connectivity index (χ3n) is 2.93. The third-order valence-corrected chi connectivity index (χ3v) is 2.93. The highest BCUT2D eigenvalue weighted by Crippen LogP contribution is 2.28. The molecule has 0 radical (unpaired) electrons. The second kappa shape index (κ2) is 5.86. The SMILES string of the molecule is COCCc1ccc2oc(C(=O)O)c(COC)c2c1. The summed E-state index contributed by atoms with van der Waals surface area (Å²) in [5, 5.41) is 9.92. The Hall–Kier alpha value is -1.85. The first kappa shape index (κ1) is 13.6. The molecule has 0 unspecified atom stereocenters. The number of carboxylic acid groups (broad SMARTS) is 1. The van der Waals surface area contributed by atoms with Gasteiger partial charge in [-0.3, -0.25) is 0 Å². The van der Waals surface area contributed by atoms with Crippen molar-refractivity contribution in [2.75, 3.05) is 20.8 Å². The van der Waals surface area contributed by atoms with Gasteiger partial charge in [-0.2, -0.15) is 0 Å². The number of hydrogen-bond donors (Lipinski definition) is 1. The summed E-state index contributed by atoms with van der Waals surface area (Å²) in [6.07, 6.45) is 0.770. The second-order valence-electron chi connectivity index (χ2n) is 4.22. The number of methoxy groups -OCH3 is 2. The standard InChI is InChI=1S/C14H16O5/c1-17-6-5-9-3-4-12-10(7-9)11(8-18-2)13(19-12)14(15)16/h3-4,7H,5-6,8H2,1-2H3,(H,15,16). The fraction of sp³-hybridized carbons (Fsp3) is 0.357. The van der Waals surface area contributed by atoms with Crippen molar-refractivity contribution in [2.45, 2.75) is 13.0 Å². The molecule has 0 atom stereocenters. The number of ether oxygens (including phenoxy) is 2. The zero-order chi connectivity index (χ0) is 13.8. The highest BCUT2D eigenvalue weighted by Gasteiger charge is 2.19. The molecule has 0 bridgehead atoms. The van der Waals surface area contributed by atoms with Crippen LogP contribution < -0.4 is 0 Å². The number of fused-ring (bicyclic) bond motifs is 1. The molecule has 0 saturated carbocycles. The molecular formula is C14H16O5. The van der Waals surface area contributed by atoms with Gasteiger partial charge in [-0.25, -0.2) is 4.79 Å². The lowest BCUT2D eigenvalue weighted by Crippen LogP contribution is -2.00. The Bertz CT molecular complexity index is 585. The largest absolute Gasteiger partial charge is 0.475 e. The number of furan rings is 1. The lowest BCUT2D eigenvalue weighted by Gasteiger charge is -2.01. The maximum absolute atomic E-state index is 11.2. The van der Waals surface area contributed by atoms with Gasteiger partial charge in [0.15, 0.2) is 0 Å². The van der Waals surface area contributed by atoms with Crippen molar-refractivity contribution in [3.8, 4) is 0 Å². The van der Waals surface area contributed by atoms with Crippen LogP contribution in [0.15, 0.2) is 22.6 Å². The maximum atomic E-state index is 11.2. The fourth-order valence-corrected chi connectivity index (χ4v) is 2.03. The van der Waals surface area contributed by atoms with E-state index in [4.69, 9.17) is 19.0 Å². The van der Waals surface area contributed by atoms with E-state index in [1.807, 2.05) is 12.1 Å². The summed E-state index contributed by atoms with van der Waals surface area (Å²) in [5.41, 5.74) is 2.21. The van der Waals surface area contributed by atoms with Gasteiger partial charge < -0.3 is 19.0 Å². The highest BCUT2D eigenvalue weighted by atomic mass is 16.5. The monoisotopic (exact) mass is 264 g/mol. The van der Waals surface area contributed by atoms with Gasteiger partial charge in [-0.1, -0.05) is 6.07 Å². The van der Waals surface area contributed by atoms with Crippen LogP contribution in [0.4, 0.5) is 0 Å². The summed E-state index contributed by atoms with van der Waals surface area (Å²) in [5.74, 6) is -1.14. The molecule has 1 aromatic carbocycles. The smallest absolute Gasteiger partial charge is 0.372 e. The number of rotatable bonds is 6. The summed E-state index contributed by atoms with van der Waals surface area (Å²) in [4.78, 5) is 11.2. The summed E-state index contributed by atoms with van der Waals surface area (Å²) in [6, 6.07) is 5.62. The maximum Gasteiger partial charge on any atom is 0.372 e. The molecule has 102 valence electrons. The number of hydrogen-bond acceptors (Lipinski definition) is 4. The molecule has 5 nitrogen and oxygen atoms in total. The quantitative estimate of drug-likeness (QED) is 0.868. The van der Waals surface area contributed by atoms with Crippen LogP contribution in [-0.2, 0) is 22.5 Å². The van der Waals surface area contributed by atoms with Gasteiger partial charge in [0.05, 0.1) is 13.2 Å². The molecule has 1 aromatic heterocycles. The normalized spacial score (nSPS) is 11.1. The van der Waals surface area contributed by atoms with Crippen molar-refractivity contribution >= 4 is 16.9 Å². The number of aromatic carboxylic acids is 1. The number of carbonyl (C=O) groups is 1. The molecule has 5 heteroatoms. The molecule has 2 rings (SSSR count). The molecule has 19 heavy (non-hydrogen) atoms. The van der Waals surface area contributed by atoms with E-state index in [1.54, 1.807) is 13.2 Å². The van der Waals surface area contributed by atoms with Crippen molar-refractivity contribution in [2.24, 2.45) is 0 Å². The van der Waals surface area contributed by atoms with Gasteiger partial charge in [0.25, 0.3) is 0 Å². The fourth-order valence-electron chi connectivity index (χ4n) is 2.03. The van der Waals surface area contributed by atoms with E-state index < -0.39 is 5.97 Å². The van der Waals surface area contributed by atoms with Crippen LogP contribution in [0.5, 0.6) is 0 Å². The minimum absolute atomic E-state index is 0.0549. The van der Waals surface area contributed by atoms with Crippen molar-refractivity contribution < 1.29 is 23.8 Å². The molecule has 0 amide bonds. The van der Waals surface area contributed by atoms with E-state index in [0.717, 1.165) is 17.4 Å². The average Bonchev–Trinajstić information content (AvgIpc) is 2.75. The Morgan fingerprint density at radius 1 is 1.32 bits per heavy atom. The van der Waals surface area contributed by atoms with Gasteiger partial charge in [-0.05, 0) is 24.1 Å². The average molecular weight is 264 g/mol. The van der Waals surface area contributed by atoms with E-state index in [1.165, 1.54) is 7.11 Å². The van der Waals surface area contributed by atoms with Gasteiger partial charge in [0.2, 0.25) is 5.76 Å². The van der Waals surface area contributed by atoms with E-state index in [0.29, 0.717) is 17.8 Å². The first-order chi connectivity index (χ1) is 9.17. The Labute approximate surface area is 110 Å². The molecule has 0 aliphatic rings. The zero-order valence-corrected chi connectivity index (χ0v) is 10.9. The van der Waals surface area contributed by atoms with Crippen molar-refractivity contribution in [1.29, 1.82) is 0 Å². The molecule has 0 saturated heterocycles. The van der Waals surface area contributed by atoms with Gasteiger partial charge in [0, 0.05) is 25.2 Å². The van der Waals surface area contributed by atoms with Crippen LogP contribution in [0.2, 0.25) is 0 Å². The van der Waals surface area contributed by atoms with Crippen LogP contribution in [0, 0.1) is 0 Å². The Morgan fingerprint density at radius 2 is 2.11 bits per heavy atom. The summed E-state index contributed by atoms with van der Waals surface area (Å²) < 4.78 is 15.5. The first-order valence-electron chi connectivity index (χ1n) is 5.92. The zero-order valence-electron chi connectivity index (χ0n) is 10.9. The van der Waals surface area contributed by atoms with E-state index >= 15 is 0 Å². The van der Waals surface area contributed by atoms with Crippen molar-refractivity contribution in [3.63, 3.8) is 0 Å². The minimum Gasteiger partial charge on any atom is -0.475 e. The van der Waals surface area contributed by atoms with Crippen molar-refractivity contribution in [3.05, 3.63) is 35.1 Å². The Kier molecular flexibility index (Phi) is 4.19. The van der Waals surface area contributed by atoms with Crippen LogP contribution in [0.3, 0.4) is 0 Å². The molecule has 1 heterocycles. The number of benzene rings is 1. The molecule has 2 aromatic rings. The van der Waals surface area contributed by atoms with E-state index in [-0.39, 0.29) is 12.4 Å². The van der Waals surface area contributed by atoms with Crippen molar-refractivity contribution in [1.82, 2.24) is 0 Å². The predicted octanol–water partition coefficient (Wildman–Crippen LogP) is 2.47. The van der Waals surface area contributed by atoms with Gasteiger partial charge in [-0.15, -0.1) is 0 Å². The highest BCUT2D eigenvalue weighted by molar-refractivity contribution is 5.95. The van der Waals surface area contributed by atoms with Crippen LogP contribution in [-0.4, -0.2) is 31.9 Å². The predicted molar refractivity (Wildman–Crippen MR) is 69.5 cm³/mol. The topological polar surface area (TPSA) is 68.9 Å². The van der Waals surface area contributed by atoms with Gasteiger partial charge >= 0.3 is 5.97 Å². The molecular weight excluding hydrogens is 248 g/mol. The molecule has 0 aliphatic carbocycles. The molecule has 0 fully saturated rings. The number of carboxylic acids is 1. The summed E-state index contributed by atoms with van der Waals surface area (Å²) >= 11 is 0. The second-order valence-corrected chi connectivity index (χ2v) is 4.22. The lowest BCUT2D eigenvalue weighted by molar-refractivity contribution is 0.0658. The van der Waals surface area contributed by atoms with Crippen LogP contribution in [0.1, 0.15) is 21.7 Å². The van der Waals surface area contributed by atoms with E-state index in [9.17, 15) is 4.79 Å². The molecule has 0 aliphatic heterocycles. The molecule has 1 N–H and O–H groups in total. The third kappa shape index (κ3) is 2.77. The van der Waals surface area contributed by atoms with Gasteiger partial charge in [0.1, 0.15) is 5.58 Å². The lowest BCUT2D eigenvalue weighted by atomic mass is 10.1. The summed E-state index contributed by atoms with van der Waals surface area (Å²) in [6.45, 7) is 0.830. The van der Waals surface area contributed by atoms with E-state index in [2.05, 4.69) is 0 Å². The summed E-state index contributed by atoms with van der Waals surface area (Å²) in [7, 11) is 3.18. The van der Waals surface area contributed by atoms with Crippen LogP contribution >= 0.6 is 0 Å². The minimum atomic E-state index is -1.08. The first-order valence-corrected chi connectivity index (χ1v) is 5.92. The molecule has 0 spiro atoms.